The second kappa shape index (κ2) is 7.58. The van der Waals surface area contributed by atoms with Crippen LogP contribution in [0.2, 0.25) is 0 Å². The van der Waals surface area contributed by atoms with E-state index < -0.39 is 0 Å². The molecule has 23 heavy (non-hydrogen) atoms. The van der Waals surface area contributed by atoms with E-state index in [2.05, 4.69) is 51.2 Å². The molecule has 4 heteroatoms. The van der Waals surface area contributed by atoms with Crippen LogP contribution < -0.4 is 4.90 Å². The van der Waals surface area contributed by atoms with E-state index in [0.29, 0.717) is 0 Å². The van der Waals surface area contributed by atoms with Gasteiger partial charge in [-0.05, 0) is 30.2 Å². The van der Waals surface area contributed by atoms with E-state index in [9.17, 15) is 0 Å². The SMILES string of the molecule is CC(/C=N\N1CCN(c2ccccn2)CC1)=C\c1ccccc1. The molecule has 1 aromatic carbocycles. The Hall–Kier alpha value is -2.62. The molecular formula is C19H22N4. The minimum Gasteiger partial charge on any atom is -0.353 e. The number of hydrazone groups is 1. The van der Waals surface area contributed by atoms with E-state index in [-0.39, 0.29) is 0 Å². The summed E-state index contributed by atoms with van der Waals surface area (Å²) < 4.78 is 0. The molecule has 0 N–H and O–H groups in total. The molecule has 118 valence electrons. The Balaban J connectivity index is 1.53. The number of hydrogen-bond donors (Lipinski definition) is 0. The molecule has 1 saturated heterocycles. The monoisotopic (exact) mass is 306 g/mol. The van der Waals surface area contributed by atoms with Crippen molar-refractivity contribution in [3.63, 3.8) is 0 Å². The molecule has 4 nitrogen and oxygen atoms in total. The molecule has 0 radical (unpaired) electrons. The lowest BCUT2D eigenvalue weighted by Crippen LogP contribution is -2.44. The maximum absolute atomic E-state index is 4.60. The maximum Gasteiger partial charge on any atom is 0.128 e. The van der Waals surface area contributed by atoms with Gasteiger partial charge in [-0.25, -0.2) is 4.98 Å². The molecule has 0 bridgehead atoms. The van der Waals surface area contributed by atoms with Gasteiger partial charge in [0.1, 0.15) is 5.82 Å². The number of pyridine rings is 1. The zero-order chi connectivity index (χ0) is 15.9. The van der Waals surface area contributed by atoms with Crippen LogP contribution in [0, 0.1) is 0 Å². The van der Waals surface area contributed by atoms with Gasteiger partial charge in [-0.15, -0.1) is 0 Å². The normalized spacial score (nSPS) is 16.1. The van der Waals surface area contributed by atoms with Gasteiger partial charge in [0, 0.05) is 25.5 Å². The Morgan fingerprint density at radius 2 is 1.74 bits per heavy atom. The third-order valence-corrected chi connectivity index (χ3v) is 3.85. The first-order valence-electron chi connectivity index (χ1n) is 7.99. The standard InChI is InChI=1S/C19H22N4/c1-17(15-18-7-3-2-4-8-18)16-21-23-13-11-22(12-14-23)19-9-5-6-10-20-19/h2-10,15-16H,11-14H2,1H3/b17-15+,21-16-. The summed E-state index contributed by atoms with van der Waals surface area (Å²) in [5.41, 5.74) is 2.36. The first-order valence-corrected chi connectivity index (χ1v) is 7.99. The molecule has 1 aliphatic rings. The predicted molar refractivity (Wildman–Crippen MR) is 96.6 cm³/mol. The summed E-state index contributed by atoms with van der Waals surface area (Å²) in [5, 5.41) is 6.73. The first kappa shape index (κ1) is 15.3. The fourth-order valence-corrected chi connectivity index (χ4v) is 2.60. The highest BCUT2D eigenvalue weighted by molar-refractivity contribution is 5.84. The van der Waals surface area contributed by atoms with Gasteiger partial charge < -0.3 is 4.90 Å². The van der Waals surface area contributed by atoms with Gasteiger partial charge in [-0.2, -0.15) is 5.10 Å². The average Bonchev–Trinajstić information content (AvgIpc) is 2.62. The van der Waals surface area contributed by atoms with Crippen molar-refractivity contribution in [3.8, 4) is 0 Å². The molecule has 0 atom stereocenters. The molecule has 0 amide bonds. The number of benzene rings is 1. The van der Waals surface area contributed by atoms with Crippen LogP contribution in [0.1, 0.15) is 12.5 Å². The van der Waals surface area contributed by atoms with Crippen molar-refractivity contribution in [2.24, 2.45) is 5.10 Å². The number of hydrogen-bond acceptors (Lipinski definition) is 4. The van der Waals surface area contributed by atoms with Crippen LogP contribution in [-0.4, -0.2) is 42.4 Å². The van der Waals surface area contributed by atoms with E-state index in [1.807, 2.05) is 42.7 Å². The van der Waals surface area contributed by atoms with E-state index in [1.165, 1.54) is 5.56 Å². The highest BCUT2D eigenvalue weighted by Gasteiger charge is 2.15. The molecular weight excluding hydrogens is 284 g/mol. The second-order valence-electron chi connectivity index (χ2n) is 5.67. The van der Waals surface area contributed by atoms with E-state index in [4.69, 9.17) is 0 Å². The van der Waals surface area contributed by atoms with E-state index in [0.717, 1.165) is 37.6 Å². The fourth-order valence-electron chi connectivity index (χ4n) is 2.60. The van der Waals surface area contributed by atoms with Crippen LogP contribution in [0.4, 0.5) is 5.82 Å². The highest BCUT2D eigenvalue weighted by Crippen LogP contribution is 2.12. The second-order valence-corrected chi connectivity index (χ2v) is 5.67. The fraction of sp³-hybridized carbons (Fsp3) is 0.263. The lowest BCUT2D eigenvalue weighted by molar-refractivity contribution is 0.271. The third kappa shape index (κ3) is 4.42. The Morgan fingerprint density at radius 1 is 1.00 bits per heavy atom. The summed E-state index contributed by atoms with van der Waals surface area (Å²) in [6.45, 7) is 5.84. The van der Waals surface area contributed by atoms with Crippen molar-refractivity contribution in [2.45, 2.75) is 6.92 Å². The number of piperazine rings is 1. The predicted octanol–water partition coefficient (Wildman–Crippen LogP) is 3.29. The van der Waals surface area contributed by atoms with Gasteiger partial charge >= 0.3 is 0 Å². The Labute approximate surface area is 137 Å². The third-order valence-electron chi connectivity index (χ3n) is 3.85. The highest BCUT2D eigenvalue weighted by atomic mass is 15.5. The van der Waals surface area contributed by atoms with Gasteiger partial charge in [0.25, 0.3) is 0 Å². The number of rotatable bonds is 4. The van der Waals surface area contributed by atoms with Gasteiger partial charge in [0.05, 0.1) is 13.1 Å². The molecule has 3 rings (SSSR count). The summed E-state index contributed by atoms with van der Waals surface area (Å²) in [5.74, 6) is 1.05. The van der Waals surface area contributed by atoms with Crippen molar-refractivity contribution in [3.05, 3.63) is 65.9 Å². The number of anilines is 1. The van der Waals surface area contributed by atoms with Crippen LogP contribution >= 0.6 is 0 Å². The van der Waals surface area contributed by atoms with Gasteiger partial charge in [0.15, 0.2) is 0 Å². The van der Waals surface area contributed by atoms with Crippen LogP contribution in [0.25, 0.3) is 6.08 Å². The quantitative estimate of drug-likeness (QED) is 0.812. The molecule has 2 heterocycles. The van der Waals surface area contributed by atoms with Gasteiger partial charge in [-0.1, -0.05) is 42.5 Å². The molecule has 1 fully saturated rings. The summed E-state index contributed by atoms with van der Waals surface area (Å²) in [6.07, 6.45) is 5.94. The van der Waals surface area contributed by atoms with Gasteiger partial charge in [-0.3, -0.25) is 5.01 Å². The lowest BCUT2D eigenvalue weighted by atomic mass is 10.1. The van der Waals surface area contributed by atoms with Crippen LogP contribution in [0.3, 0.4) is 0 Å². The minimum absolute atomic E-state index is 0.922. The maximum atomic E-state index is 4.60. The summed E-state index contributed by atoms with van der Waals surface area (Å²) >= 11 is 0. The Kier molecular flexibility index (Phi) is 5.04. The smallest absolute Gasteiger partial charge is 0.128 e. The Bertz CT molecular complexity index is 656. The molecule has 1 aliphatic heterocycles. The van der Waals surface area contributed by atoms with Crippen molar-refractivity contribution >= 4 is 18.1 Å². The minimum atomic E-state index is 0.922. The average molecular weight is 306 g/mol. The van der Waals surface area contributed by atoms with Crippen molar-refractivity contribution in [2.75, 3.05) is 31.1 Å². The molecule has 0 aliphatic carbocycles. The van der Waals surface area contributed by atoms with E-state index >= 15 is 0 Å². The summed E-state index contributed by atoms with van der Waals surface area (Å²) in [7, 11) is 0. The van der Waals surface area contributed by atoms with Crippen molar-refractivity contribution in [1.82, 2.24) is 9.99 Å². The summed E-state index contributed by atoms with van der Waals surface area (Å²) in [4.78, 5) is 6.71. The number of aromatic nitrogens is 1. The molecule has 2 aromatic rings. The number of allylic oxidation sites excluding steroid dienone is 1. The molecule has 0 unspecified atom stereocenters. The van der Waals surface area contributed by atoms with Crippen LogP contribution in [0.5, 0.6) is 0 Å². The molecule has 0 spiro atoms. The van der Waals surface area contributed by atoms with Crippen LogP contribution in [-0.2, 0) is 0 Å². The Morgan fingerprint density at radius 3 is 2.43 bits per heavy atom. The number of nitrogens with zero attached hydrogens (tertiary/aromatic N) is 4. The molecule has 0 saturated carbocycles. The zero-order valence-corrected chi connectivity index (χ0v) is 13.5. The first-order chi connectivity index (χ1) is 11.3. The summed E-state index contributed by atoms with van der Waals surface area (Å²) in [6, 6.07) is 16.4. The zero-order valence-electron chi connectivity index (χ0n) is 13.5. The van der Waals surface area contributed by atoms with Gasteiger partial charge in [0.2, 0.25) is 0 Å². The van der Waals surface area contributed by atoms with Crippen molar-refractivity contribution < 1.29 is 0 Å². The largest absolute Gasteiger partial charge is 0.353 e. The van der Waals surface area contributed by atoms with E-state index in [1.54, 1.807) is 0 Å². The topological polar surface area (TPSA) is 31.7 Å². The lowest BCUT2D eigenvalue weighted by Gasteiger charge is -2.33. The molecule has 1 aromatic heterocycles. The van der Waals surface area contributed by atoms with Crippen molar-refractivity contribution in [1.29, 1.82) is 0 Å². The van der Waals surface area contributed by atoms with Crippen LogP contribution in [0.15, 0.2) is 65.4 Å².